The van der Waals surface area contributed by atoms with Gasteiger partial charge in [0.1, 0.15) is 11.5 Å². The van der Waals surface area contributed by atoms with Gasteiger partial charge >= 0.3 is 5.97 Å². The summed E-state index contributed by atoms with van der Waals surface area (Å²) in [6, 6.07) is 20.0. The van der Waals surface area contributed by atoms with E-state index in [1.54, 1.807) is 48.5 Å². The summed E-state index contributed by atoms with van der Waals surface area (Å²) in [5, 5.41) is 11.2. The first-order valence-corrected chi connectivity index (χ1v) is 11.0. The van der Waals surface area contributed by atoms with Crippen LogP contribution in [-0.2, 0) is 25.5 Å². The molecule has 35 heavy (non-hydrogen) atoms. The first-order chi connectivity index (χ1) is 16.8. The first kappa shape index (κ1) is 23.8. The van der Waals surface area contributed by atoms with Crippen molar-refractivity contribution in [3.05, 3.63) is 101 Å². The second kappa shape index (κ2) is 9.85. The van der Waals surface area contributed by atoms with Crippen molar-refractivity contribution in [3.63, 3.8) is 0 Å². The number of ether oxygens (including phenoxy) is 2. The van der Waals surface area contributed by atoms with E-state index in [0.717, 1.165) is 5.56 Å². The van der Waals surface area contributed by atoms with Crippen LogP contribution in [-0.4, -0.2) is 37.0 Å². The lowest BCUT2D eigenvalue weighted by Gasteiger charge is -2.26. The van der Waals surface area contributed by atoms with Gasteiger partial charge in [-0.2, -0.15) is 0 Å². The molecule has 1 saturated heterocycles. The van der Waals surface area contributed by atoms with Gasteiger partial charge in [0.05, 0.1) is 32.3 Å². The molecule has 1 aliphatic heterocycles. The van der Waals surface area contributed by atoms with Gasteiger partial charge in [-0.15, -0.1) is 0 Å². The molecule has 0 aromatic heterocycles. The van der Waals surface area contributed by atoms with Gasteiger partial charge in [0.15, 0.2) is 0 Å². The highest BCUT2D eigenvalue weighted by molar-refractivity contribution is 6.51. The van der Waals surface area contributed by atoms with Gasteiger partial charge in [-0.25, -0.2) is 0 Å². The van der Waals surface area contributed by atoms with E-state index in [1.807, 2.05) is 31.2 Å². The van der Waals surface area contributed by atoms with E-state index in [-0.39, 0.29) is 23.7 Å². The van der Waals surface area contributed by atoms with Crippen molar-refractivity contribution in [1.82, 2.24) is 0 Å². The molecule has 3 aromatic rings. The summed E-state index contributed by atoms with van der Waals surface area (Å²) in [5.41, 5.74) is 3.23. The number of Topliss-reactive ketones (excluding diaryl/α,β-unsaturated/α-hetero) is 1. The van der Waals surface area contributed by atoms with Gasteiger partial charge in [0, 0.05) is 11.3 Å². The number of hydrogen-bond donors (Lipinski definition) is 1. The highest BCUT2D eigenvalue weighted by atomic mass is 16.5. The normalized spacial score (nSPS) is 16.9. The number of benzene rings is 3. The minimum absolute atomic E-state index is 0.00408. The van der Waals surface area contributed by atoms with Crippen molar-refractivity contribution in [2.45, 2.75) is 19.4 Å². The third kappa shape index (κ3) is 4.66. The highest BCUT2D eigenvalue weighted by Crippen LogP contribution is 2.42. The fraction of sp³-hybridized carbons (Fsp3) is 0.179. The molecule has 0 spiro atoms. The largest absolute Gasteiger partial charge is 0.507 e. The number of rotatable bonds is 6. The molecule has 4 rings (SSSR count). The van der Waals surface area contributed by atoms with Crippen molar-refractivity contribution in [1.29, 1.82) is 0 Å². The third-order valence-corrected chi connectivity index (χ3v) is 5.96. The van der Waals surface area contributed by atoms with E-state index in [1.165, 1.54) is 19.1 Å². The van der Waals surface area contributed by atoms with Gasteiger partial charge in [0.25, 0.3) is 11.7 Å². The molecule has 1 unspecified atom stereocenters. The number of aliphatic hydroxyl groups is 1. The van der Waals surface area contributed by atoms with E-state index in [9.17, 15) is 19.5 Å². The van der Waals surface area contributed by atoms with E-state index in [2.05, 4.69) is 0 Å². The van der Waals surface area contributed by atoms with Crippen molar-refractivity contribution in [2.75, 3.05) is 19.1 Å². The van der Waals surface area contributed by atoms with Crippen LogP contribution in [0.3, 0.4) is 0 Å². The Balaban J connectivity index is 1.84. The Hall–Kier alpha value is -4.39. The van der Waals surface area contributed by atoms with Gasteiger partial charge in [0.2, 0.25) is 0 Å². The summed E-state index contributed by atoms with van der Waals surface area (Å²) in [7, 11) is 2.86. The lowest BCUT2D eigenvalue weighted by molar-refractivity contribution is -0.139. The topological polar surface area (TPSA) is 93.1 Å². The molecule has 0 radical (unpaired) electrons. The Morgan fingerprint density at radius 2 is 1.66 bits per heavy atom. The summed E-state index contributed by atoms with van der Waals surface area (Å²) < 4.78 is 9.88. The molecule has 3 aromatic carbocycles. The van der Waals surface area contributed by atoms with E-state index >= 15 is 0 Å². The zero-order chi connectivity index (χ0) is 25.1. The number of hydrogen-bond acceptors (Lipinski definition) is 6. The number of methoxy groups -OCH3 is 2. The zero-order valence-corrected chi connectivity index (χ0v) is 19.6. The molecule has 0 bridgehead atoms. The maximum absolute atomic E-state index is 13.3. The van der Waals surface area contributed by atoms with Crippen LogP contribution in [0.1, 0.15) is 28.3 Å². The van der Waals surface area contributed by atoms with Crippen LogP contribution < -0.4 is 9.64 Å². The molecule has 0 aliphatic carbocycles. The highest BCUT2D eigenvalue weighted by Gasteiger charge is 2.47. The maximum Gasteiger partial charge on any atom is 0.309 e. The third-order valence-electron chi connectivity index (χ3n) is 5.96. The molecule has 7 heteroatoms. The monoisotopic (exact) mass is 471 g/mol. The minimum atomic E-state index is -0.830. The average molecular weight is 472 g/mol. The molecule has 0 saturated carbocycles. The Bertz CT molecular complexity index is 1310. The van der Waals surface area contributed by atoms with Crippen LogP contribution in [0, 0.1) is 6.92 Å². The predicted octanol–water partition coefficient (Wildman–Crippen LogP) is 4.35. The van der Waals surface area contributed by atoms with Crippen LogP contribution in [0.2, 0.25) is 0 Å². The Labute approximate surface area is 203 Å². The molecule has 1 atom stereocenters. The summed E-state index contributed by atoms with van der Waals surface area (Å²) in [6.07, 6.45) is 0.0916. The second-order valence-corrected chi connectivity index (χ2v) is 8.23. The number of carbonyl (C=O) groups is 3. The van der Waals surface area contributed by atoms with E-state index in [4.69, 9.17) is 9.47 Å². The summed E-state index contributed by atoms with van der Waals surface area (Å²) >= 11 is 0. The van der Waals surface area contributed by atoms with Gasteiger partial charge < -0.3 is 14.6 Å². The SMILES string of the molecule is COC(=O)Cc1ccc(N2C(=O)C(=O)/C(=C(\O)c3ccc(OC)cc3)C2c2cccc(C)c2)cc1. The van der Waals surface area contributed by atoms with Crippen LogP contribution in [0.15, 0.2) is 78.4 Å². The summed E-state index contributed by atoms with van der Waals surface area (Å²) in [4.78, 5) is 39.5. The lowest BCUT2D eigenvalue weighted by atomic mass is 9.94. The number of ketones is 1. The molecule has 178 valence electrons. The smallest absolute Gasteiger partial charge is 0.309 e. The molecule has 1 aliphatic rings. The molecule has 1 heterocycles. The van der Waals surface area contributed by atoms with E-state index < -0.39 is 17.7 Å². The average Bonchev–Trinajstić information content (AvgIpc) is 3.14. The molecular formula is C28H25NO6. The van der Waals surface area contributed by atoms with Gasteiger partial charge in [-0.3, -0.25) is 19.3 Å². The molecule has 1 amide bonds. The Morgan fingerprint density at radius 1 is 0.971 bits per heavy atom. The quantitative estimate of drug-likeness (QED) is 0.249. The number of carbonyl (C=O) groups excluding carboxylic acids is 3. The van der Waals surface area contributed by atoms with Gasteiger partial charge in [-0.1, -0.05) is 42.0 Å². The van der Waals surface area contributed by atoms with E-state index in [0.29, 0.717) is 28.1 Å². The zero-order valence-electron chi connectivity index (χ0n) is 19.6. The van der Waals surface area contributed by atoms with Crippen LogP contribution in [0.25, 0.3) is 5.76 Å². The fourth-order valence-corrected chi connectivity index (χ4v) is 4.17. The molecule has 7 nitrogen and oxygen atoms in total. The first-order valence-electron chi connectivity index (χ1n) is 11.0. The second-order valence-electron chi connectivity index (χ2n) is 8.23. The van der Waals surface area contributed by atoms with Crippen LogP contribution in [0.4, 0.5) is 5.69 Å². The maximum atomic E-state index is 13.3. The Kier molecular flexibility index (Phi) is 6.68. The molecule has 1 N–H and O–H groups in total. The van der Waals surface area contributed by atoms with Gasteiger partial charge in [-0.05, 0) is 54.4 Å². The van der Waals surface area contributed by atoms with Crippen molar-refractivity contribution in [2.24, 2.45) is 0 Å². The number of nitrogens with zero attached hydrogens (tertiary/aromatic N) is 1. The van der Waals surface area contributed by atoms with Crippen molar-refractivity contribution in [3.8, 4) is 5.75 Å². The molecular weight excluding hydrogens is 446 g/mol. The molecule has 1 fully saturated rings. The number of aryl methyl sites for hydroxylation is 1. The number of anilines is 1. The van der Waals surface area contributed by atoms with Crippen LogP contribution in [0.5, 0.6) is 5.75 Å². The lowest BCUT2D eigenvalue weighted by Crippen LogP contribution is -2.29. The Morgan fingerprint density at radius 3 is 2.26 bits per heavy atom. The number of amides is 1. The fourth-order valence-electron chi connectivity index (χ4n) is 4.17. The number of esters is 1. The number of aliphatic hydroxyl groups excluding tert-OH is 1. The standard InChI is InChI=1S/C28H25NO6/c1-17-5-4-6-20(15-17)25-24(26(31)19-9-13-22(34-2)14-10-19)27(32)28(33)29(25)21-11-7-18(8-12-21)16-23(30)35-3/h4-15,25,31H,16H2,1-3H3/b26-24-. The van der Waals surface area contributed by atoms with Crippen LogP contribution >= 0.6 is 0 Å². The summed E-state index contributed by atoms with van der Waals surface area (Å²) in [6.45, 7) is 1.92. The summed E-state index contributed by atoms with van der Waals surface area (Å²) in [5.74, 6) is -1.56. The van der Waals surface area contributed by atoms with Crippen molar-refractivity contribution < 1.29 is 29.0 Å². The van der Waals surface area contributed by atoms with Crippen molar-refractivity contribution >= 4 is 29.1 Å². The minimum Gasteiger partial charge on any atom is -0.507 e. The predicted molar refractivity (Wildman–Crippen MR) is 131 cm³/mol.